The number of nitrogen functional groups attached to an aromatic ring is 1. The monoisotopic (exact) mass is 442 g/mol. The van der Waals surface area contributed by atoms with Crippen LogP contribution >= 0.6 is 0 Å². The molecule has 2 amide bonds. The Bertz CT molecular complexity index is 1330. The number of nitrogens with zero attached hydrogens (tertiary/aromatic N) is 5. The number of anilines is 1. The molecule has 0 saturated carbocycles. The Morgan fingerprint density at radius 2 is 1.91 bits per heavy atom. The van der Waals surface area contributed by atoms with Gasteiger partial charge < -0.3 is 10.8 Å². The summed E-state index contributed by atoms with van der Waals surface area (Å²) in [4.78, 5) is 34.9. The maximum atomic E-state index is 12.9. The fourth-order valence-corrected chi connectivity index (χ4v) is 3.56. The number of carbonyl (C=O) groups is 2. The summed E-state index contributed by atoms with van der Waals surface area (Å²) in [6.07, 6.45) is 2.44. The molecule has 0 fully saturated rings. The lowest BCUT2D eigenvalue weighted by atomic mass is 10.1. The Hall–Kier alpha value is -4.37. The van der Waals surface area contributed by atoms with Crippen molar-refractivity contribution in [2.45, 2.75) is 13.2 Å². The average molecular weight is 442 g/mol. The van der Waals surface area contributed by atoms with Gasteiger partial charge in [0.05, 0.1) is 18.5 Å². The SMILES string of the molecule is C=CC(=O)N(CCn1nc(-c2cccc(CO)c2)c2c(N)ncnc21)C(=O)c1ccccc1. The molecule has 0 unspecified atom stereocenters. The van der Waals surface area contributed by atoms with Gasteiger partial charge >= 0.3 is 0 Å². The summed E-state index contributed by atoms with van der Waals surface area (Å²) in [5, 5.41) is 14.7. The second kappa shape index (κ2) is 9.41. The molecular formula is C24H22N6O3. The molecule has 9 heteroatoms. The summed E-state index contributed by atoms with van der Waals surface area (Å²) in [6.45, 7) is 3.63. The highest BCUT2D eigenvalue weighted by atomic mass is 16.3. The molecule has 4 rings (SSSR count). The molecule has 0 saturated heterocycles. The number of carbonyl (C=O) groups excluding carboxylic acids is 2. The molecule has 2 aromatic carbocycles. The van der Waals surface area contributed by atoms with E-state index in [0.29, 0.717) is 22.3 Å². The van der Waals surface area contributed by atoms with Crippen LogP contribution in [0.15, 0.2) is 73.6 Å². The zero-order valence-electron chi connectivity index (χ0n) is 17.8. The van der Waals surface area contributed by atoms with Gasteiger partial charge in [0.2, 0.25) is 0 Å². The standard InChI is InChI=1S/C24H22N6O3/c1-2-19(32)29(24(33)17-8-4-3-5-9-17)11-12-30-23-20(22(25)26-15-27-23)21(28-30)18-10-6-7-16(13-18)14-31/h2-10,13,15,31H,1,11-12,14H2,(H2,25,26,27). The minimum Gasteiger partial charge on any atom is -0.392 e. The van der Waals surface area contributed by atoms with E-state index in [0.717, 1.165) is 22.1 Å². The average Bonchev–Trinajstić information content (AvgIpc) is 3.24. The van der Waals surface area contributed by atoms with E-state index in [1.165, 1.54) is 6.33 Å². The van der Waals surface area contributed by atoms with Gasteiger partial charge in [0.25, 0.3) is 11.8 Å². The van der Waals surface area contributed by atoms with Gasteiger partial charge in [-0.25, -0.2) is 14.6 Å². The maximum absolute atomic E-state index is 12.9. The van der Waals surface area contributed by atoms with E-state index in [-0.39, 0.29) is 25.5 Å². The van der Waals surface area contributed by atoms with E-state index in [1.54, 1.807) is 41.1 Å². The van der Waals surface area contributed by atoms with Crippen LogP contribution in [0.25, 0.3) is 22.3 Å². The fourth-order valence-electron chi connectivity index (χ4n) is 3.56. The third kappa shape index (κ3) is 4.35. The lowest BCUT2D eigenvalue weighted by molar-refractivity contribution is -0.123. The maximum Gasteiger partial charge on any atom is 0.260 e. The van der Waals surface area contributed by atoms with Gasteiger partial charge in [0.15, 0.2) is 5.65 Å². The van der Waals surface area contributed by atoms with Gasteiger partial charge in [-0.05, 0) is 29.8 Å². The minimum absolute atomic E-state index is 0.0510. The smallest absolute Gasteiger partial charge is 0.260 e. The van der Waals surface area contributed by atoms with Crippen molar-refractivity contribution in [3.63, 3.8) is 0 Å². The number of hydrogen-bond acceptors (Lipinski definition) is 7. The highest BCUT2D eigenvalue weighted by Gasteiger charge is 2.23. The Morgan fingerprint density at radius 3 is 2.64 bits per heavy atom. The van der Waals surface area contributed by atoms with Crippen LogP contribution in [0.5, 0.6) is 0 Å². The molecule has 0 spiro atoms. The van der Waals surface area contributed by atoms with Crippen LogP contribution in [0.3, 0.4) is 0 Å². The van der Waals surface area contributed by atoms with Crippen LogP contribution in [-0.4, -0.2) is 48.1 Å². The minimum atomic E-state index is -0.509. The number of imide groups is 1. The molecule has 0 atom stereocenters. The van der Waals surface area contributed by atoms with E-state index in [2.05, 4.69) is 21.6 Å². The fraction of sp³-hybridized carbons (Fsp3) is 0.125. The highest BCUT2D eigenvalue weighted by molar-refractivity contribution is 6.07. The van der Waals surface area contributed by atoms with Crippen molar-refractivity contribution in [2.75, 3.05) is 12.3 Å². The molecule has 0 bridgehead atoms. The number of fused-ring (bicyclic) bond motifs is 1. The van der Waals surface area contributed by atoms with Gasteiger partial charge in [-0.1, -0.05) is 43.0 Å². The molecule has 33 heavy (non-hydrogen) atoms. The zero-order valence-corrected chi connectivity index (χ0v) is 17.8. The van der Waals surface area contributed by atoms with Crippen molar-refractivity contribution in [2.24, 2.45) is 0 Å². The third-order valence-corrected chi connectivity index (χ3v) is 5.18. The predicted molar refractivity (Wildman–Crippen MR) is 124 cm³/mol. The molecule has 3 N–H and O–H groups in total. The Kier molecular flexibility index (Phi) is 6.23. The summed E-state index contributed by atoms with van der Waals surface area (Å²) in [5.41, 5.74) is 9.03. The van der Waals surface area contributed by atoms with Crippen LogP contribution in [-0.2, 0) is 17.9 Å². The topological polar surface area (TPSA) is 127 Å². The van der Waals surface area contributed by atoms with Crippen LogP contribution in [0.1, 0.15) is 15.9 Å². The van der Waals surface area contributed by atoms with E-state index in [9.17, 15) is 14.7 Å². The number of rotatable bonds is 7. The van der Waals surface area contributed by atoms with Crippen LogP contribution in [0.2, 0.25) is 0 Å². The molecular weight excluding hydrogens is 420 g/mol. The number of nitrogens with two attached hydrogens (primary N) is 1. The third-order valence-electron chi connectivity index (χ3n) is 5.18. The summed E-state index contributed by atoms with van der Waals surface area (Å²) < 4.78 is 1.59. The normalized spacial score (nSPS) is 10.8. The van der Waals surface area contributed by atoms with Crippen molar-refractivity contribution < 1.29 is 14.7 Å². The summed E-state index contributed by atoms with van der Waals surface area (Å²) in [5.74, 6) is -0.678. The first-order chi connectivity index (χ1) is 16.0. The molecule has 0 aliphatic rings. The Labute approximate surface area is 189 Å². The van der Waals surface area contributed by atoms with Crippen LogP contribution in [0.4, 0.5) is 5.82 Å². The van der Waals surface area contributed by atoms with Crippen molar-refractivity contribution in [1.29, 1.82) is 0 Å². The van der Waals surface area contributed by atoms with Gasteiger partial charge in [0.1, 0.15) is 17.8 Å². The quantitative estimate of drug-likeness (QED) is 0.421. The number of benzene rings is 2. The predicted octanol–water partition coefficient (Wildman–Crippen LogP) is 2.42. The van der Waals surface area contributed by atoms with Crippen molar-refractivity contribution in [3.05, 3.63) is 84.7 Å². The highest BCUT2D eigenvalue weighted by Crippen LogP contribution is 2.30. The zero-order chi connectivity index (χ0) is 23.4. The molecule has 9 nitrogen and oxygen atoms in total. The van der Waals surface area contributed by atoms with Crippen LogP contribution < -0.4 is 5.73 Å². The summed E-state index contributed by atoms with van der Waals surface area (Å²) in [6, 6.07) is 15.8. The lowest BCUT2D eigenvalue weighted by Crippen LogP contribution is -2.38. The number of aliphatic hydroxyl groups is 1. The molecule has 0 aliphatic carbocycles. The second-order valence-electron chi connectivity index (χ2n) is 7.25. The van der Waals surface area contributed by atoms with E-state index in [1.807, 2.05) is 18.2 Å². The second-order valence-corrected chi connectivity index (χ2v) is 7.25. The molecule has 0 radical (unpaired) electrons. The number of aliphatic hydroxyl groups excluding tert-OH is 1. The van der Waals surface area contributed by atoms with Crippen molar-refractivity contribution in [1.82, 2.24) is 24.6 Å². The first-order valence-electron chi connectivity index (χ1n) is 10.2. The number of aromatic nitrogens is 4. The Balaban J connectivity index is 1.71. The lowest BCUT2D eigenvalue weighted by Gasteiger charge is -2.19. The molecule has 2 aromatic heterocycles. The first-order valence-corrected chi connectivity index (χ1v) is 10.2. The van der Waals surface area contributed by atoms with Crippen molar-refractivity contribution >= 4 is 28.7 Å². The Morgan fingerprint density at radius 1 is 1.12 bits per heavy atom. The van der Waals surface area contributed by atoms with Crippen LogP contribution in [0, 0.1) is 0 Å². The first kappa shape index (κ1) is 21.8. The molecule has 0 aliphatic heterocycles. The van der Waals surface area contributed by atoms with Gasteiger partial charge in [-0.2, -0.15) is 5.10 Å². The van der Waals surface area contributed by atoms with E-state index in [4.69, 9.17) is 5.73 Å². The van der Waals surface area contributed by atoms with E-state index < -0.39 is 11.8 Å². The van der Waals surface area contributed by atoms with E-state index >= 15 is 0 Å². The summed E-state index contributed by atoms with van der Waals surface area (Å²) >= 11 is 0. The van der Waals surface area contributed by atoms with Gasteiger partial charge in [-0.15, -0.1) is 0 Å². The molecule has 4 aromatic rings. The molecule has 2 heterocycles. The van der Waals surface area contributed by atoms with Gasteiger partial charge in [-0.3, -0.25) is 14.5 Å². The summed E-state index contributed by atoms with van der Waals surface area (Å²) in [7, 11) is 0. The van der Waals surface area contributed by atoms with Crippen molar-refractivity contribution in [3.8, 4) is 11.3 Å². The van der Waals surface area contributed by atoms with Gasteiger partial charge in [0, 0.05) is 17.7 Å². The molecule has 166 valence electrons. The number of hydrogen-bond donors (Lipinski definition) is 2. The number of amides is 2. The largest absolute Gasteiger partial charge is 0.392 e.